The Morgan fingerprint density at radius 2 is 2.14 bits per heavy atom. The van der Waals surface area contributed by atoms with Gasteiger partial charge in [0.2, 0.25) is 5.95 Å². The van der Waals surface area contributed by atoms with Gasteiger partial charge in [-0.05, 0) is 31.0 Å². The average molecular weight is 289 g/mol. The number of carboxylic acid groups (broad SMARTS) is 1. The number of rotatable bonds is 6. The monoisotopic (exact) mass is 289 g/mol. The van der Waals surface area contributed by atoms with Crippen molar-refractivity contribution in [2.45, 2.75) is 19.8 Å². The lowest BCUT2D eigenvalue weighted by molar-refractivity contribution is -0.137. The number of nitrogens with zero attached hydrogens (tertiary/aromatic N) is 2. The summed E-state index contributed by atoms with van der Waals surface area (Å²) in [5, 5.41) is 11.5. The molecule has 0 aliphatic rings. The van der Waals surface area contributed by atoms with Crippen LogP contribution in [-0.2, 0) is 4.79 Å². The number of benzene rings is 1. The molecule has 0 fully saturated rings. The van der Waals surface area contributed by atoms with Crippen LogP contribution >= 0.6 is 0 Å². The summed E-state index contributed by atoms with van der Waals surface area (Å²) >= 11 is 0. The average Bonchev–Trinajstić information content (AvgIpc) is 2.46. The Morgan fingerprint density at radius 1 is 1.38 bits per heavy atom. The van der Waals surface area contributed by atoms with Gasteiger partial charge >= 0.3 is 5.97 Å². The van der Waals surface area contributed by atoms with Gasteiger partial charge in [-0.25, -0.2) is 14.4 Å². The summed E-state index contributed by atoms with van der Waals surface area (Å²) in [5.74, 6) is -0.811. The molecule has 0 amide bonds. The molecule has 0 atom stereocenters. The topological polar surface area (TPSA) is 75.1 Å². The van der Waals surface area contributed by atoms with Crippen LogP contribution in [0.1, 0.15) is 18.4 Å². The molecular weight excluding hydrogens is 273 g/mol. The normalized spacial score (nSPS) is 10.4. The molecule has 0 bridgehead atoms. The van der Waals surface area contributed by atoms with Crippen LogP contribution in [0.25, 0.3) is 11.3 Å². The molecule has 0 aliphatic carbocycles. The minimum absolute atomic E-state index is 0.0824. The van der Waals surface area contributed by atoms with Crippen LogP contribution < -0.4 is 5.32 Å². The predicted octanol–water partition coefficient (Wildman–Crippen LogP) is 2.87. The lowest BCUT2D eigenvalue weighted by atomic mass is 10.1. The number of aliphatic carboxylic acids is 1. The van der Waals surface area contributed by atoms with Gasteiger partial charge in [-0.2, -0.15) is 0 Å². The Hall–Kier alpha value is -2.50. The first-order valence-electron chi connectivity index (χ1n) is 6.62. The lowest BCUT2D eigenvalue weighted by Gasteiger charge is -2.09. The van der Waals surface area contributed by atoms with Crippen LogP contribution in [0.4, 0.5) is 10.3 Å². The first-order chi connectivity index (χ1) is 10.1. The van der Waals surface area contributed by atoms with Gasteiger partial charge in [-0.3, -0.25) is 4.79 Å². The SMILES string of the molecule is Cc1cnc(NCCCC(=O)O)nc1-c1ccccc1F. The Balaban J connectivity index is 2.14. The van der Waals surface area contributed by atoms with E-state index in [1.54, 1.807) is 24.4 Å². The van der Waals surface area contributed by atoms with Gasteiger partial charge in [0.1, 0.15) is 5.82 Å². The van der Waals surface area contributed by atoms with E-state index in [-0.39, 0.29) is 12.2 Å². The molecule has 0 radical (unpaired) electrons. The first kappa shape index (κ1) is 14.9. The molecule has 6 heteroatoms. The Bertz CT molecular complexity index is 647. The molecule has 0 saturated heterocycles. The highest BCUT2D eigenvalue weighted by molar-refractivity contribution is 5.66. The van der Waals surface area contributed by atoms with E-state index in [2.05, 4.69) is 15.3 Å². The van der Waals surface area contributed by atoms with Gasteiger partial charge < -0.3 is 10.4 Å². The van der Waals surface area contributed by atoms with Crippen LogP contribution in [0.2, 0.25) is 0 Å². The van der Waals surface area contributed by atoms with E-state index in [4.69, 9.17) is 5.11 Å². The van der Waals surface area contributed by atoms with Crippen molar-refractivity contribution in [2.24, 2.45) is 0 Å². The van der Waals surface area contributed by atoms with Crippen molar-refractivity contribution < 1.29 is 14.3 Å². The summed E-state index contributed by atoms with van der Waals surface area (Å²) in [6.45, 7) is 2.27. The zero-order valence-corrected chi connectivity index (χ0v) is 11.6. The number of hydrogen-bond donors (Lipinski definition) is 2. The van der Waals surface area contributed by atoms with Gasteiger partial charge in [-0.1, -0.05) is 12.1 Å². The van der Waals surface area contributed by atoms with E-state index in [9.17, 15) is 9.18 Å². The standard InChI is InChI=1S/C15H16FN3O2/c1-10-9-18-15(17-8-4-7-13(20)21)19-14(10)11-5-2-3-6-12(11)16/h2-3,5-6,9H,4,7-8H2,1H3,(H,20,21)(H,17,18,19). The maximum Gasteiger partial charge on any atom is 0.303 e. The Kier molecular flexibility index (Phi) is 4.81. The number of carbonyl (C=O) groups is 1. The highest BCUT2D eigenvalue weighted by Gasteiger charge is 2.10. The number of aryl methyl sites for hydroxylation is 1. The third-order valence-electron chi connectivity index (χ3n) is 2.95. The van der Waals surface area contributed by atoms with Gasteiger partial charge in [0.05, 0.1) is 5.69 Å². The van der Waals surface area contributed by atoms with Crippen LogP contribution in [0.5, 0.6) is 0 Å². The summed E-state index contributed by atoms with van der Waals surface area (Å²) in [7, 11) is 0. The third kappa shape index (κ3) is 3.98. The summed E-state index contributed by atoms with van der Waals surface area (Å²) in [6.07, 6.45) is 2.18. The van der Waals surface area contributed by atoms with E-state index >= 15 is 0 Å². The number of carboxylic acids is 1. The molecule has 0 aliphatic heterocycles. The Labute approximate surface area is 121 Å². The van der Waals surface area contributed by atoms with Gasteiger partial charge in [0.25, 0.3) is 0 Å². The number of nitrogens with one attached hydrogen (secondary N) is 1. The molecular formula is C15H16FN3O2. The third-order valence-corrected chi connectivity index (χ3v) is 2.95. The number of halogens is 1. The molecule has 2 aromatic rings. The summed E-state index contributed by atoms with van der Waals surface area (Å²) in [4.78, 5) is 18.9. The number of anilines is 1. The highest BCUT2D eigenvalue weighted by atomic mass is 19.1. The lowest BCUT2D eigenvalue weighted by Crippen LogP contribution is -2.08. The summed E-state index contributed by atoms with van der Waals surface area (Å²) in [5.41, 5.74) is 1.73. The second-order valence-electron chi connectivity index (χ2n) is 4.63. The van der Waals surface area contributed by atoms with E-state index in [1.165, 1.54) is 6.07 Å². The zero-order chi connectivity index (χ0) is 15.2. The van der Waals surface area contributed by atoms with Gasteiger partial charge in [-0.15, -0.1) is 0 Å². The van der Waals surface area contributed by atoms with Crippen molar-refractivity contribution in [3.05, 3.63) is 41.8 Å². The summed E-state index contributed by atoms with van der Waals surface area (Å²) < 4.78 is 13.8. The van der Waals surface area contributed by atoms with Crippen molar-refractivity contribution in [3.63, 3.8) is 0 Å². The molecule has 1 aromatic carbocycles. The molecule has 2 rings (SSSR count). The fraction of sp³-hybridized carbons (Fsp3) is 0.267. The highest BCUT2D eigenvalue weighted by Crippen LogP contribution is 2.24. The van der Waals surface area contributed by atoms with Crippen LogP contribution in [-0.4, -0.2) is 27.6 Å². The number of aromatic nitrogens is 2. The molecule has 21 heavy (non-hydrogen) atoms. The smallest absolute Gasteiger partial charge is 0.303 e. The molecule has 0 unspecified atom stereocenters. The first-order valence-corrected chi connectivity index (χ1v) is 6.62. The zero-order valence-electron chi connectivity index (χ0n) is 11.6. The van der Waals surface area contributed by atoms with E-state index in [0.717, 1.165) is 5.56 Å². The minimum Gasteiger partial charge on any atom is -0.481 e. The van der Waals surface area contributed by atoms with E-state index < -0.39 is 5.97 Å². The van der Waals surface area contributed by atoms with Crippen molar-refractivity contribution in [1.29, 1.82) is 0 Å². The largest absolute Gasteiger partial charge is 0.481 e. The van der Waals surface area contributed by atoms with Crippen molar-refractivity contribution in [1.82, 2.24) is 9.97 Å². The second-order valence-corrected chi connectivity index (χ2v) is 4.63. The second kappa shape index (κ2) is 6.78. The van der Waals surface area contributed by atoms with Crippen molar-refractivity contribution >= 4 is 11.9 Å². The minimum atomic E-state index is -0.839. The maximum absolute atomic E-state index is 13.8. The van der Waals surface area contributed by atoms with E-state index in [1.807, 2.05) is 6.92 Å². The van der Waals surface area contributed by atoms with E-state index in [0.29, 0.717) is 30.2 Å². The fourth-order valence-electron chi connectivity index (χ4n) is 1.89. The molecule has 110 valence electrons. The van der Waals surface area contributed by atoms with Gasteiger partial charge in [0, 0.05) is 24.7 Å². The van der Waals surface area contributed by atoms with Crippen LogP contribution in [0.15, 0.2) is 30.5 Å². The molecule has 1 heterocycles. The van der Waals surface area contributed by atoms with Crippen molar-refractivity contribution in [3.8, 4) is 11.3 Å². The number of hydrogen-bond acceptors (Lipinski definition) is 4. The van der Waals surface area contributed by atoms with Gasteiger partial charge in [0.15, 0.2) is 0 Å². The fourth-order valence-corrected chi connectivity index (χ4v) is 1.89. The van der Waals surface area contributed by atoms with Crippen LogP contribution in [0.3, 0.4) is 0 Å². The molecule has 2 N–H and O–H groups in total. The maximum atomic E-state index is 13.8. The molecule has 0 saturated carbocycles. The predicted molar refractivity (Wildman–Crippen MR) is 77.5 cm³/mol. The summed E-state index contributed by atoms with van der Waals surface area (Å²) in [6, 6.07) is 6.43. The quantitative estimate of drug-likeness (QED) is 0.800. The Morgan fingerprint density at radius 3 is 2.86 bits per heavy atom. The van der Waals surface area contributed by atoms with Crippen molar-refractivity contribution in [2.75, 3.05) is 11.9 Å². The van der Waals surface area contributed by atoms with Crippen LogP contribution in [0, 0.1) is 12.7 Å². The molecule has 5 nitrogen and oxygen atoms in total. The molecule has 1 aromatic heterocycles. The molecule has 0 spiro atoms.